The summed E-state index contributed by atoms with van der Waals surface area (Å²) in [6.45, 7) is 3.97. The summed E-state index contributed by atoms with van der Waals surface area (Å²) >= 11 is 1.17. The topological polar surface area (TPSA) is 56.3 Å². The Morgan fingerprint density at radius 1 is 1.19 bits per heavy atom. The number of unbranched alkanes of at least 4 members (excludes halogenated alkanes) is 3. The zero-order valence-electron chi connectivity index (χ0n) is 12.8. The molecular formula is C15H25N3O2S. The highest BCUT2D eigenvalue weighted by atomic mass is 32.1. The molecule has 2 saturated heterocycles. The van der Waals surface area contributed by atoms with Gasteiger partial charge in [0.15, 0.2) is 5.72 Å². The van der Waals surface area contributed by atoms with Crippen LogP contribution in [-0.4, -0.2) is 27.6 Å². The molecule has 6 heteroatoms. The second-order valence-corrected chi connectivity index (χ2v) is 6.73. The number of nitrogens with zero attached hydrogens (tertiary/aromatic N) is 2. The number of fused-ring (bicyclic) bond motifs is 3. The quantitative estimate of drug-likeness (QED) is 0.746. The highest BCUT2D eigenvalue weighted by Gasteiger charge is 2.43. The Morgan fingerprint density at radius 2 is 2.00 bits per heavy atom. The summed E-state index contributed by atoms with van der Waals surface area (Å²) in [4.78, 5) is 0. The molecule has 1 N–H and O–H groups in total. The van der Waals surface area contributed by atoms with Gasteiger partial charge in [-0.1, -0.05) is 26.2 Å². The molecule has 1 aliphatic carbocycles. The van der Waals surface area contributed by atoms with Gasteiger partial charge in [0.05, 0.1) is 18.3 Å². The van der Waals surface area contributed by atoms with Crippen molar-refractivity contribution >= 4 is 11.7 Å². The van der Waals surface area contributed by atoms with Gasteiger partial charge in [0, 0.05) is 19.4 Å². The molecule has 21 heavy (non-hydrogen) atoms. The average molecular weight is 311 g/mol. The maximum Gasteiger partial charge on any atom is 0.292 e. The van der Waals surface area contributed by atoms with Crippen molar-refractivity contribution in [1.82, 2.24) is 14.1 Å². The van der Waals surface area contributed by atoms with E-state index in [9.17, 15) is 0 Å². The number of ether oxygens (including phenoxy) is 2. The number of nitrogens with one attached hydrogen (secondary N) is 1. The minimum Gasteiger partial charge on any atom is -0.473 e. The van der Waals surface area contributed by atoms with Gasteiger partial charge >= 0.3 is 0 Å². The summed E-state index contributed by atoms with van der Waals surface area (Å²) in [5, 5.41) is 3.54. The van der Waals surface area contributed by atoms with Gasteiger partial charge in [-0.15, -0.1) is 8.75 Å². The molecule has 2 aliphatic heterocycles. The Bertz CT molecular complexity index is 430. The van der Waals surface area contributed by atoms with E-state index < -0.39 is 0 Å². The van der Waals surface area contributed by atoms with Crippen LogP contribution in [0.1, 0.15) is 58.3 Å². The minimum absolute atomic E-state index is 0.231. The van der Waals surface area contributed by atoms with Crippen LogP contribution in [0.2, 0.25) is 0 Å². The van der Waals surface area contributed by atoms with Crippen LogP contribution < -0.4 is 14.8 Å². The van der Waals surface area contributed by atoms with Crippen LogP contribution in [0.15, 0.2) is 0 Å². The van der Waals surface area contributed by atoms with E-state index in [1.165, 1.54) is 43.8 Å². The largest absolute Gasteiger partial charge is 0.473 e. The van der Waals surface area contributed by atoms with Gasteiger partial charge in [0.1, 0.15) is 0 Å². The summed E-state index contributed by atoms with van der Waals surface area (Å²) in [5.74, 6) is 1.97. The first-order valence-corrected chi connectivity index (χ1v) is 8.94. The van der Waals surface area contributed by atoms with Crippen molar-refractivity contribution in [3.05, 3.63) is 0 Å². The molecule has 2 bridgehead atoms. The first-order valence-electron chi connectivity index (χ1n) is 8.21. The maximum absolute atomic E-state index is 6.18. The lowest BCUT2D eigenvalue weighted by atomic mass is 9.79. The summed E-state index contributed by atoms with van der Waals surface area (Å²) in [7, 11) is 0. The average Bonchev–Trinajstić information content (AvgIpc) is 2.95. The molecule has 1 aromatic rings. The Morgan fingerprint density at radius 3 is 2.71 bits per heavy atom. The van der Waals surface area contributed by atoms with Crippen molar-refractivity contribution in [3.8, 4) is 11.8 Å². The third-order valence-electron chi connectivity index (χ3n) is 4.58. The lowest BCUT2D eigenvalue weighted by molar-refractivity contribution is -0.0549. The van der Waals surface area contributed by atoms with Crippen molar-refractivity contribution < 1.29 is 9.47 Å². The molecule has 0 atom stereocenters. The van der Waals surface area contributed by atoms with Crippen molar-refractivity contribution in [2.75, 3.05) is 13.2 Å². The van der Waals surface area contributed by atoms with Gasteiger partial charge < -0.3 is 9.47 Å². The summed E-state index contributed by atoms with van der Waals surface area (Å²) in [5.41, 5.74) is -0.231. The first-order chi connectivity index (χ1) is 10.3. The van der Waals surface area contributed by atoms with E-state index in [1.807, 2.05) is 0 Å². The zero-order chi connectivity index (χ0) is 14.5. The predicted molar refractivity (Wildman–Crippen MR) is 82.9 cm³/mol. The van der Waals surface area contributed by atoms with Crippen LogP contribution in [0, 0.1) is 5.92 Å². The van der Waals surface area contributed by atoms with Gasteiger partial charge in [-0.05, 0) is 25.2 Å². The molecule has 1 saturated carbocycles. The van der Waals surface area contributed by atoms with Crippen molar-refractivity contribution in [2.45, 2.75) is 64.0 Å². The third kappa shape index (κ3) is 3.66. The monoisotopic (exact) mass is 311 g/mol. The van der Waals surface area contributed by atoms with Crippen molar-refractivity contribution in [3.63, 3.8) is 0 Å². The Balaban J connectivity index is 1.53. The fourth-order valence-corrected chi connectivity index (χ4v) is 3.63. The van der Waals surface area contributed by atoms with Crippen LogP contribution >= 0.6 is 11.7 Å². The first kappa shape index (κ1) is 15.0. The third-order valence-corrected chi connectivity index (χ3v) is 5.08. The molecule has 118 valence electrons. The molecule has 1 aromatic heterocycles. The molecule has 0 spiro atoms. The van der Waals surface area contributed by atoms with E-state index in [1.54, 1.807) is 0 Å². The normalized spacial score (nSPS) is 27.8. The van der Waals surface area contributed by atoms with E-state index in [0.717, 1.165) is 31.7 Å². The molecule has 0 radical (unpaired) electrons. The van der Waals surface area contributed by atoms with Crippen LogP contribution in [0.3, 0.4) is 0 Å². The predicted octanol–water partition coefficient (Wildman–Crippen LogP) is 3.37. The van der Waals surface area contributed by atoms with E-state index in [-0.39, 0.29) is 5.72 Å². The SMILES string of the molecule is CCCCCCOc1nsnc1OC12CCC(CC1)CN2. The zero-order valence-corrected chi connectivity index (χ0v) is 13.6. The Hall–Kier alpha value is -0.880. The van der Waals surface area contributed by atoms with Gasteiger partial charge in [0.2, 0.25) is 0 Å². The fourth-order valence-electron chi connectivity index (χ4n) is 3.20. The molecule has 5 nitrogen and oxygen atoms in total. The molecular weight excluding hydrogens is 286 g/mol. The maximum atomic E-state index is 6.18. The second-order valence-electron chi connectivity index (χ2n) is 6.20. The number of piperidine rings is 2. The van der Waals surface area contributed by atoms with E-state index in [2.05, 4.69) is 21.0 Å². The Labute approximate surface area is 130 Å². The van der Waals surface area contributed by atoms with E-state index in [4.69, 9.17) is 9.47 Å². The van der Waals surface area contributed by atoms with Crippen LogP contribution in [0.25, 0.3) is 0 Å². The van der Waals surface area contributed by atoms with Gasteiger partial charge in [-0.3, -0.25) is 5.32 Å². The number of hydrogen-bond acceptors (Lipinski definition) is 6. The highest BCUT2D eigenvalue weighted by molar-refractivity contribution is 6.99. The second kappa shape index (κ2) is 6.92. The molecule has 0 aromatic carbocycles. The standard InChI is InChI=1S/C15H25N3O2S/c1-2-3-4-5-10-19-13-14(18-21-17-13)20-15-8-6-12(7-9-15)11-16-15/h12,16H,2-11H2,1H3. The number of hydrogen-bond donors (Lipinski definition) is 1. The smallest absolute Gasteiger partial charge is 0.292 e. The van der Waals surface area contributed by atoms with Gasteiger partial charge in [-0.25, -0.2) is 0 Å². The summed E-state index contributed by atoms with van der Waals surface area (Å²) < 4.78 is 20.4. The molecule has 3 aliphatic rings. The van der Waals surface area contributed by atoms with Crippen molar-refractivity contribution in [2.24, 2.45) is 5.92 Å². The molecule has 3 fully saturated rings. The lowest BCUT2D eigenvalue weighted by Crippen LogP contribution is -2.59. The highest BCUT2D eigenvalue weighted by Crippen LogP contribution is 2.39. The van der Waals surface area contributed by atoms with E-state index in [0.29, 0.717) is 18.4 Å². The van der Waals surface area contributed by atoms with Gasteiger partial charge in [-0.2, -0.15) is 0 Å². The Kier molecular flexibility index (Phi) is 4.95. The molecule has 4 rings (SSSR count). The minimum atomic E-state index is -0.231. The van der Waals surface area contributed by atoms with E-state index >= 15 is 0 Å². The molecule has 3 heterocycles. The number of rotatable bonds is 8. The van der Waals surface area contributed by atoms with Crippen molar-refractivity contribution in [1.29, 1.82) is 0 Å². The number of aromatic nitrogens is 2. The molecule has 0 unspecified atom stereocenters. The van der Waals surface area contributed by atoms with Crippen LogP contribution in [0.5, 0.6) is 11.8 Å². The van der Waals surface area contributed by atoms with Crippen LogP contribution in [-0.2, 0) is 0 Å². The van der Waals surface area contributed by atoms with Gasteiger partial charge in [0.25, 0.3) is 11.8 Å². The summed E-state index contributed by atoms with van der Waals surface area (Å²) in [6.07, 6.45) is 9.39. The fraction of sp³-hybridized carbons (Fsp3) is 0.867. The summed E-state index contributed by atoms with van der Waals surface area (Å²) in [6, 6.07) is 0. The van der Waals surface area contributed by atoms with Crippen LogP contribution in [0.4, 0.5) is 0 Å². The lowest BCUT2D eigenvalue weighted by Gasteiger charge is -2.46. The molecule has 0 amide bonds.